The van der Waals surface area contributed by atoms with Crippen molar-refractivity contribution in [1.29, 1.82) is 5.41 Å². The number of nitrogens with one attached hydrogen (secondary N) is 1. The van der Waals surface area contributed by atoms with Gasteiger partial charge in [-0.2, -0.15) is 0 Å². The standard InChI is InChI=1S/C14H13FN2O3S/c1-21(18,19)11-5-3-10(4-6-11)20-13-7-2-9(15)8-12(13)14(16)17/h2-8H,1H3,(H3,16,17). The maximum Gasteiger partial charge on any atom is 0.175 e. The average Bonchev–Trinajstić information content (AvgIpc) is 2.40. The van der Waals surface area contributed by atoms with Crippen molar-refractivity contribution in [3.8, 4) is 11.5 Å². The Balaban J connectivity index is 2.33. The molecule has 0 unspecified atom stereocenters. The average molecular weight is 308 g/mol. The highest BCUT2D eigenvalue weighted by molar-refractivity contribution is 7.90. The second-order valence-corrected chi connectivity index (χ2v) is 6.42. The molecule has 2 aromatic carbocycles. The molecule has 0 aliphatic rings. The quantitative estimate of drug-likeness (QED) is 0.669. The zero-order valence-corrected chi connectivity index (χ0v) is 11.9. The summed E-state index contributed by atoms with van der Waals surface area (Å²) in [6.07, 6.45) is 1.11. The second-order valence-electron chi connectivity index (χ2n) is 4.40. The minimum absolute atomic E-state index is 0.127. The van der Waals surface area contributed by atoms with Crippen molar-refractivity contribution < 1.29 is 17.5 Å². The third-order valence-electron chi connectivity index (χ3n) is 2.71. The summed E-state index contributed by atoms with van der Waals surface area (Å²) in [4.78, 5) is 0.167. The topological polar surface area (TPSA) is 93.2 Å². The second kappa shape index (κ2) is 5.53. The van der Waals surface area contributed by atoms with Gasteiger partial charge in [0.2, 0.25) is 0 Å². The Labute approximate surface area is 121 Å². The molecule has 3 N–H and O–H groups in total. The van der Waals surface area contributed by atoms with Gasteiger partial charge in [-0.25, -0.2) is 12.8 Å². The summed E-state index contributed by atoms with van der Waals surface area (Å²) in [5, 5.41) is 7.41. The van der Waals surface area contributed by atoms with Gasteiger partial charge in [-0.3, -0.25) is 5.41 Å². The Morgan fingerprint density at radius 2 is 1.81 bits per heavy atom. The summed E-state index contributed by atoms with van der Waals surface area (Å²) in [6, 6.07) is 9.41. The summed E-state index contributed by atoms with van der Waals surface area (Å²) in [6.45, 7) is 0. The molecule has 0 saturated heterocycles. The number of ether oxygens (including phenoxy) is 1. The van der Waals surface area contributed by atoms with E-state index in [2.05, 4.69) is 0 Å². The van der Waals surface area contributed by atoms with Crippen molar-refractivity contribution in [3.05, 3.63) is 53.8 Å². The van der Waals surface area contributed by atoms with Crippen LogP contribution in [0.1, 0.15) is 5.56 Å². The van der Waals surface area contributed by atoms with Crippen molar-refractivity contribution >= 4 is 15.7 Å². The number of nitrogen functional groups attached to an aromatic ring is 1. The Hall–Kier alpha value is -2.41. The molecule has 21 heavy (non-hydrogen) atoms. The van der Waals surface area contributed by atoms with Gasteiger partial charge in [-0.05, 0) is 42.5 Å². The van der Waals surface area contributed by atoms with Crippen molar-refractivity contribution in [1.82, 2.24) is 0 Å². The molecule has 0 bridgehead atoms. The number of benzene rings is 2. The molecule has 5 nitrogen and oxygen atoms in total. The first kappa shape index (κ1) is 15.0. The molecular formula is C14H13FN2O3S. The van der Waals surface area contributed by atoms with Gasteiger partial charge in [0.25, 0.3) is 0 Å². The maximum absolute atomic E-state index is 13.2. The summed E-state index contributed by atoms with van der Waals surface area (Å²) >= 11 is 0. The zero-order valence-electron chi connectivity index (χ0n) is 11.1. The Morgan fingerprint density at radius 3 is 2.33 bits per heavy atom. The SMILES string of the molecule is CS(=O)(=O)c1ccc(Oc2ccc(F)cc2C(=N)N)cc1. The highest BCUT2D eigenvalue weighted by atomic mass is 32.2. The summed E-state index contributed by atoms with van der Waals surface area (Å²) in [7, 11) is -3.28. The predicted octanol–water partition coefficient (Wildman–Crippen LogP) is 2.31. The molecule has 0 atom stereocenters. The van der Waals surface area contributed by atoms with E-state index in [-0.39, 0.29) is 22.0 Å². The van der Waals surface area contributed by atoms with Gasteiger partial charge >= 0.3 is 0 Å². The first-order valence-electron chi connectivity index (χ1n) is 5.89. The first-order valence-corrected chi connectivity index (χ1v) is 7.78. The van der Waals surface area contributed by atoms with E-state index in [1.165, 1.54) is 36.4 Å². The van der Waals surface area contributed by atoms with Crippen LogP contribution >= 0.6 is 0 Å². The van der Waals surface area contributed by atoms with E-state index in [9.17, 15) is 12.8 Å². The van der Waals surface area contributed by atoms with E-state index in [0.717, 1.165) is 12.3 Å². The molecule has 0 fully saturated rings. The number of nitrogens with two attached hydrogens (primary N) is 1. The summed E-state index contributed by atoms with van der Waals surface area (Å²) in [5.41, 5.74) is 5.50. The predicted molar refractivity (Wildman–Crippen MR) is 77.0 cm³/mol. The van der Waals surface area contributed by atoms with Crippen LogP contribution in [0.15, 0.2) is 47.4 Å². The molecule has 110 valence electrons. The van der Waals surface area contributed by atoms with Crippen LogP contribution in [-0.2, 0) is 9.84 Å². The van der Waals surface area contributed by atoms with Crippen LogP contribution in [0.2, 0.25) is 0 Å². The lowest BCUT2D eigenvalue weighted by Gasteiger charge is -2.10. The van der Waals surface area contributed by atoms with E-state index in [4.69, 9.17) is 15.9 Å². The maximum atomic E-state index is 13.2. The molecule has 2 rings (SSSR count). The van der Waals surface area contributed by atoms with Gasteiger partial charge in [0.1, 0.15) is 23.2 Å². The van der Waals surface area contributed by atoms with E-state index in [1.54, 1.807) is 0 Å². The van der Waals surface area contributed by atoms with Gasteiger partial charge in [0.15, 0.2) is 9.84 Å². The van der Waals surface area contributed by atoms with Crippen LogP contribution < -0.4 is 10.5 Å². The number of rotatable bonds is 4. The van der Waals surface area contributed by atoms with Crippen LogP contribution in [0.25, 0.3) is 0 Å². The van der Waals surface area contributed by atoms with Crippen molar-refractivity contribution in [2.24, 2.45) is 5.73 Å². The first-order chi connectivity index (χ1) is 9.77. The molecule has 2 aromatic rings. The largest absolute Gasteiger partial charge is 0.457 e. The van der Waals surface area contributed by atoms with E-state index < -0.39 is 15.7 Å². The highest BCUT2D eigenvalue weighted by Crippen LogP contribution is 2.26. The molecular weight excluding hydrogens is 295 g/mol. The fraction of sp³-hybridized carbons (Fsp3) is 0.0714. The molecule has 7 heteroatoms. The Morgan fingerprint density at radius 1 is 1.19 bits per heavy atom. The smallest absolute Gasteiger partial charge is 0.175 e. The van der Waals surface area contributed by atoms with Gasteiger partial charge in [-0.15, -0.1) is 0 Å². The molecule has 0 aliphatic heterocycles. The van der Waals surface area contributed by atoms with Crippen molar-refractivity contribution in [2.45, 2.75) is 4.90 Å². The van der Waals surface area contributed by atoms with Gasteiger partial charge in [0.05, 0.1) is 10.5 Å². The number of hydrogen-bond donors (Lipinski definition) is 2. The lowest BCUT2D eigenvalue weighted by atomic mass is 10.2. The van der Waals surface area contributed by atoms with Gasteiger partial charge < -0.3 is 10.5 Å². The summed E-state index contributed by atoms with van der Waals surface area (Å²) < 4.78 is 41.4. The van der Waals surface area contributed by atoms with Gasteiger partial charge in [-0.1, -0.05) is 0 Å². The van der Waals surface area contributed by atoms with Gasteiger partial charge in [0, 0.05) is 6.26 Å². The van der Waals surface area contributed by atoms with E-state index >= 15 is 0 Å². The monoisotopic (exact) mass is 308 g/mol. The Bertz CT molecular complexity index is 786. The van der Waals surface area contributed by atoms with Crippen LogP contribution in [0.4, 0.5) is 4.39 Å². The molecule has 0 spiro atoms. The fourth-order valence-corrected chi connectivity index (χ4v) is 2.31. The number of amidine groups is 1. The number of hydrogen-bond acceptors (Lipinski definition) is 4. The summed E-state index contributed by atoms with van der Waals surface area (Å²) in [5.74, 6) is -0.273. The van der Waals surface area contributed by atoms with Crippen LogP contribution in [0.5, 0.6) is 11.5 Å². The third-order valence-corrected chi connectivity index (χ3v) is 3.84. The van der Waals surface area contributed by atoms with E-state index in [1.807, 2.05) is 0 Å². The zero-order chi connectivity index (χ0) is 15.6. The molecule has 0 aliphatic carbocycles. The normalized spacial score (nSPS) is 11.1. The van der Waals surface area contributed by atoms with Crippen molar-refractivity contribution in [3.63, 3.8) is 0 Å². The molecule has 0 amide bonds. The number of sulfone groups is 1. The lowest BCUT2D eigenvalue weighted by molar-refractivity contribution is 0.479. The molecule has 0 radical (unpaired) electrons. The van der Waals surface area contributed by atoms with Crippen LogP contribution in [0.3, 0.4) is 0 Å². The Kier molecular flexibility index (Phi) is 3.95. The number of halogens is 1. The lowest BCUT2D eigenvalue weighted by Crippen LogP contribution is -2.12. The third kappa shape index (κ3) is 3.57. The minimum atomic E-state index is -3.28. The van der Waals surface area contributed by atoms with Crippen molar-refractivity contribution in [2.75, 3.05) is 6.26 Å². The fourth-order valence-electron chi connectivity index (χ4n) is 1.68. The molecule has 0 saturated carbocycles. The van der Waals surface area contributed by atoms with E-state index in [0.29, 0.717) is 5.75 Å². The minimum Gasteiger partial charge on any atom is -0.457 e. The van der Waals surface area contributed by atoms with Crippen LogP contribution in [0, 0.1) is 11.2 Å². The molecule has 0 heterocycles. The highest BCUT2D eigenvalue weighted by Gasteiger charge is 2.11. The molecule has 0 aromatic heterocycles. The van der Waals surface area contributed by atoms with Crippen LogP contribution in [-0.4, -0.2) is 20.5 Å².